The molecule has 0 saturated carbocycles. The van der Waals surface area contributed by atoms with E-state index in [0.717, 1.165) is 11.8 Å². The maximum absolute atomic E-state index is 12.2. The van der Waals surface area contributed by atoms with Crippen LogP contribution >= 0.6 is 11.6 Å². The van der Waals surface area contributed by atoms with Crippen molar-refractivity contribution in [3.05, 3.63) is 35.0 Å². The van der Waals surface area contributed by atoms with E-state index in [1.54, 1.807) is 24.3 Å². The van der Waals surface area contributed by atoms with Crippen LogP contribution in [0.25, 0.3) is 11.0 Å². The second-order valence-electron chi connectivity index (χ2n) is 6.44. The average Bonchev–Trinajstić information content (AvgIpc) is 2.68. The van der Waals surface area contributed by atoms with Crippen LogP contribution in [-0.4, -0.2) is 11.8 Å². The third-order valence-electron chi connectivity index (χ3n) is 3.08. The zero-order valence-electron chi connectivity index (χ0n) is 12.1. The van der Waals surface area contributed by atoms with Crippen molar-refractivity contribution < 1.29 is 9.21 Å². The number of furan rings is 1. The van der Waals surface area contributed by atoms with Crippen LogP contribution in [0.5, 0.6) is 0 Å². The first-order valence-corrected chi connectivity index (χ1v) is 7.10. The highest BCUT2D eigenvalue weighted by atomic mass is 35.5. The Labute approximate surface area is 124 Å². The van der Waals surface area contributed by atoms with E-state index in [1.807, 2.05) is 0 Å². The molecule has 108 valence electrons. The lowest BCUT2D eigenvalue weighted by Gasteiger charge is -2.22. The fraction of sp³-hybridized carbons (Fsp3) is 0.438. The molecule has 0 aliphatic heterocycles. The number of carbonyl (C=O) groups is 1. The molecule has 2 aromatic rings. The van der Waals surface area contributed by atoms with Crippen molar-refractivity contribution in [2.75, 3.05) is 0 Å². The Kier molecular flexibility index (Phi) is 4.21. The Hall–Kier alpha value is -1.32. The highest BCUT2D eigenvalue weighted by Crippen LogP contribution is 2.25. The molecule has 2 rings (SSSR count). The van der Waals surface area contributed by atoms with Crippen molar-refractivity contribution in [3.63, 3.8) is 0 Å². The Morgan fingerprint density at radius 2 is 2.05 bits per heavy atom. The van der Waals surface area contributed by atoms with Gasteiger partial charge in [-0.2, -0.15) is 0 Å². The molecule has 0 aliphatic rings. The summed E-state index contributed by atoms with van der Waals surface area (Å²) in [5.41, 5.74) is 6.81. The minimum Gasteiger partial charge on any atom is -0.453 e. The molecule has 0 amide bonds. The number of hydrogen-bond donors (Lipinski definition) is 1. The van der Waals surface area contributed by atoms with Gasteiger partial charge < -0.3 is 10.2 Å². The molecule has 0 spiro atoms. The molecule has 0 radical (unpaired) electrons. The molecule has 0 fully saturated rings. The molecule has 1 heterocycles. The number of fused-ring (bicyclic) bond motifs is 1. The fourth-order valence-corrected chi connectivity index (χ4v) is 2.53. The van der Waals surface area contributed by atoms with Crippen molar-refractivity contribution in [2.24, 2.45) is 11.1 Å². The summed E-state index contributed by atoms with van der Waals surface area (Å²) in [5, 5.41) is 1.46. The minimum atomic E-state index is -0.153. The molecule has 0 bridgehead atoms. The maximum Gasteiger partial charge on any atom is 0.199 e. The van der Waals surface area contributed by atoms with Gasteiger partial charge in [-0.3, -0.25) is 4.79 Å². The van der Waals surface area contributed by atoms with Gasteiger partial charge in [-0.25, -0.2) is 0 Å². The topological polar surface area (TPSA) is 56.2 Å². The van der Waals surface area contributed by atoms with E-state index in [9.17, 15) is 4.79 Å². The van der Waals surface area contributed by atoms with Gasteiger partial charge >= 0.3 is 0 Å². The van der Waals surface area contributed by atoms with Crippen molar-refractivity contribution in [1.29, 1.82) is 0 Å². The van der Waals surface area contributed by atoms with Gasteiger partial charge in [-0.05, 0) is 36.1 Å². The molecule has 1 aromatic carbocycles. The Balaban J connectivity index is 2.11. The summed E-state index contributed by atoms with van der Waals surface area (Å²) in [5.74, 6) is 0.292. The lowest BCUT2D eigenvalue weighted by molar-refractivity contribution is 0.0943. The van der Waals surface area contributed by atoms with Gasteiger partial charge in [0.05, 0.1) is 0 Å². The summed E-state index contributed by atoms with van der Waals surface area (Å²) in [4.78, 5) is 12.2. The highest BCUT2D eigenvalue weighted by molar-refractivity contribution is 6.31. The van der Waals surface area contributed by atoms with Crippen LogP contribution in [-0.2, 0) is 0 Å². The highest BCUT2D eigenvalue weighted by Gasteiger charge is 2.20. The van der Waals surface area contributed by atoms with Gasteiger partial charge in [0.2, 0.25) is 0 Å². The van der Waals surface area contributed by atoms with Crippen LogP contribution in [0, 0.1) is 5.41 Å². The van der Waals surface area contributed by atoms with Crippen LogP contribution in [0.2, 0.25) is 5.02 Å². The second-order valence-corrected chi connectivity index (χ2v) is 6.88. The number of carbonyl (C=O) groups excluding carboxylic acids is 1. The number of halogens is 1. The van der Waals surface area contributed by atoms with E-state index in [1.165, 1.54) is 0 Å². The van der Waals surface area contributed by atoms with Crippen LogP contribution in [0.15, 0.2) is 28.7 Å². The summed E-state index contributed by atoms with van der Waals surface area (Å²) in [6.07, 6.45) is 1.09. The minimum absolute atomic E-state index is 0.0610. The summed E-state index contributed by atoms with van der Waals surface area (Å²) >= 11 is 5.92. The van der Waals surface area contributed by atoms with Crippen LogP contribution in [0.1, 0.15) is 44.2 Å². The van der Waals surface area contributed by atoms with E-state index in [4.69, 9.17) is 21.8 Å². The molecule has 4 heteroatoms. The first-order chi connectivity index (χ1) is 9.24. The lowest BCUT2D eigenvalue weighted by Crippen LogP contribution is -2.28. The maximum atomic E-state index is 12.2. The van der Waals surface area contributed by atoms with E-state index in [-0.39, 0.29) is 17.2 Å². The van der Waals surface area contributed by atoms with Crippen molar-refractivity contribution in [1.82, 2.24) is 0 Å². The first kappa shape index (κ1) is 15.1. The summed E-state index contributed by atoms with van der Waals surface area (Å²) in [6, 6.07) is 6.87. The number of ketones is 1. The number of hydrogen-bond acceptors (Lipinski definition) is 3. The SMILES string of the molecule is CC(C)(C)CC(N)CC(=O)c1cc2cc(Cl)ccc2o1. The van der Waals surface area contributed by atoms with Crippen LogP contribution in [0.4, 0.5) is 0 Å². The molecule has 0 aliphatic carbocycles. The quantitative estimate of drug-likeness (QED) is 0.849. The number of benzene rings is 1. The summed E-state index contributed by atoms with van der Waals surface area (Å²) in [7, 11) is 0. The lowest BCUT2D eigenvalue weighted by atomic mass is 9.86. The second kappa shape index (κ2) is 5.58. The normalized spacial score (nSPS) is 13.7. The predicted molar refractivity (Wildman–Crippen MR) is 82.2 cm³/mol. The first-order valence-electron chi connectivity index (χ1n) is 6.72. The summed E-state index contributed by atoms with van der Waals surface area (Å²) < 4.78 is 5.55. The molecule has 20 heavy (non-hydrogen) atoms. The zero-order chi connectivity index (χ0) is 14.9. The van der Waals surface area contributed by atoms with Gasteiger partial charge in [-0.15, -0.1) is 0 Å². The Morgan fingerprint density at radius 3 is 2.70 bits per heavy atom. The van der Waals surface area contributed by atoms with Gasteiger partial charge in [0.25, 0.3) is 0 Å². The third kappa shape index (κ3) is 3.84. The molecule has 1 aromatic heterocycles. The molecule has 2 N–H and O–H groups in total. The Bertz CT molecular complexity index is 625. The van der Waals surface area contributed by atoms with E-state index in [2.05, 4.69) is 20.8 Å². The number of nitrogens with two attached hydrogens (primary N) is 1. The average molecular weight is 294 g/mol. The van der Waals surface area contributed by atoms with E-state index >= 15 is 0 Å². The molecule has 3 nitrogen and oxygen atoms in total. The molecule has 0 saturated heterocycles. The predicted octanol–water partition coefficient (Wildman–Crippen LogP) is 4.42. The Morgan fingerprint density at radius 1 is 1.35 bits per heavy atom. The zero-order valence-corrected chi connectivity index (χ0v) is 12.8. The number of Topliss-reactive ketones (excluding diaryl/α,β-unsaturated/α-hetero) is 1. The van der Waals surface area contributed by atoms with Crippen molar-refractivity contribution in [2.45, 2.75) is 39.7 Å². The standard InChI is InChI=1S/C16H20ClNO2/c1-16(2,3)9-12(18)8-13(19)15-7-10-6-11(17)4-5-14(10)20-15/h4-7,12H,8-9,18H2,1-3H3. The van der Waals surface area contributed by atoms with Crippen LogP contribution < -0.4 is 5.73 Å². The van der Waals surface area contributed by atoms with Crippen molar-refractivity contribution in [3.8, 4) is 0 Å². The van der Waals surface area contributed by atoms with Gasteiger partial charge in [-0.1, -0.05) is 32.4 Å². The van der Waals surface area contributed by atoms with E-state index in [0.29, 0.717) is 22.8 Å². The largest absolute Gasteiger partial charge is 0.453 e. The molecular formula is C16H20ClNO2. The monoisotopic (exact) mass is 293 g/mol. The summed E-state index contributed by atoms with van der Waals surface area (Å²) in [6.45, 7) is 6.33. The third-order valence-corrected chi connectivity index (χ3v) is 3.31. The number of rotatable bonds is 4. The van der Waals surface area contributed by atoms with E-state index < -0.39 is 0 Å². The van der Waals surface area contributed by atoms with Gasteiger partial charge in [0.1, 0.15) is 5.58 Å². The van der Waals surface area contributed by atoms with Gasteiger partial charge in [0, 0.05) is 22.9 Å². The van der Waals surface area contributed by atoms with Gasteiger partial charge in [0.15, 0.2) is 11.5 Å². The van der Waals surface area contributed by atoms with Crippen molar-refractivity contribution >= 4 is 28.4 Å². The molecular weight excluding hydrogens is 274 g/mol. The molecule has 1 atom stereocenters. The molecule has 1 unspecified atom stereocenters. The smallest absolute Gasteiger partial charge is 0.199 e. The fourth-order valence-electron chi connectivity index (χ4n) is 2.35. The van der Waals surface area contributed by atoms with Crippen LogP contribution in [0.3, 0.4) is 0 Å².